The molecule has 0 radical (unpaired) electrons. The first-order valence-corrected chi connectivity index (χ1v) is 16.5. The topological polar surface area (TPSA) is 43.1 Å². The fourth-order valence-corrected chi connectivity index (χ4v) is 7.19. The van der Waals surface area contributed by atoms with Crippen molar-refractivity contribution in [3.05, 3.63) is 170 Å². The van der Waals surface area contributed by atoms with Crippen LogP contribution in [0.25, 0.3) is 94.0 Å². The van der Waals surface area contributed by atoms with Gasteiger partial charge in [-0.25, -0.2) is 9.97 Å². The number of para-hydroxylation sites is 3. The molecule has 0 aliphatic rings. The minimum atomic E-state index is 0.694. The van der Waals surface area contributed by atoms with Gasteiger partial charge in [-0.3, -0.25) is 4.98 Å². The van der Waals surface area contributed by atoms with Crippen LogP contribution in [0.3, 0.4) is 0 Å². The molecule has 4 nitrogen and oxygen atoms in total. The summed E-state index contributed by atoms with van der Waals surface area (Å²) in [5, 5.41) is 5.98. The van der Waals surface area contributed by atoms with E-state index in [1.807, 2.05) is 12.3 Å². The van der Waals surface area contributed by atoms with Crippen molar-refractivity contribution in [1.82, 2.24) is 19.4 Å². The maximum atomic E-state index is 5.17. The van der Waals surface area contributed by atoms with Gasteiger partial charge < -0.3 is 4.40 Å². The third kappa shape index (κ3) is 4.57. The first-order chi connectivity index (χ1) is 24.3. The van der Waals surface area contributed by atoms with E-state index in [2.05, 4.69) is 162 Å². The van der Waals surface area contributed by atoms with Gasteiger partial charge in [0, 0.05) is 27.6 Å². The highest BCUT2D eigenvalue weighted by Crippen LogP contribution is 2.38. The number of rotatable bonds is 4. The van der Waals surface area contributed by atoms with Gasteiger partial charge in [0.05, 0.1) is 39.7 Å². The lowest BCUT2D eigenvalue weighted by atomic mass is 10.00. The predicted octanol–water partition coefficient (Wildman–Crippen LogP) is 11.4. The van der Waals surface area contributed by atoms with Gasteiger partial charge in [0.25, 0.3) is 0 Å². The Bertz CT molecular complexity index is 2790. The molecule has 0 spiro atoms. The molecule has 7 aromatic carbocycles. The molecule has 10 aromatic rings. The van der Waals surface area contributed by atoms with Crippen LogP contribution in [0.15, 0.2) is 170 Å². The molecule has 0 saturated carbocycles. The van der Waals surface area contributed by atoms with E-state index in [-0.39, 0.29) is 0 Å². The number of nitrogens with zero attached hydrogens (tertiary/aromatic N) is 4. The monoisotopic (exact) mass is 624 g/mol. The summed E-state index contributed by atoms with van der Waals surface area (Å²) in [6, 6.07) is 57.7. The molecule has 228 valence electrons. The smallest absolute Gasteiger partial charge is 0.160 e. The molecule has 0 atom stereocenters. The number of fused-ring (bicyclic) bond motifs is 7. The maximum absolute atomic E-state index is 5.17. The minimum Gasteiger partial charge on any atom is -0.306 e. The molecule has 0 amide bonds. The molecular weight excluding hydrogens is 597 g/mol. The van der Waals surface area contributed by atoms with Gasteiger partial charge in [0.1, 0.15) is 0 Å². The van der Waals surface area contributed by atoms with Gasteiger partial charge in [-0.15, -0.1) is 0 Å². The summed E-state index contributed by atoms with van der Waals surface area (Å²) in [5.41, 5.74) is 11.5. The van der Waals surface area contributed by atoms with Crippen molar-refractivity contribution in [3.63, 3.8) is 0 Å². The molecule has 0 aliphatic heterocycles. The molecule has 0 unspecified atom stereocenters. The van der Waals surface area contributed by atoms with Crippen molar-refractivity contribution >= 4 is 49.0 Å². The summed E-state index contributed by atoms with van der Waals surface area (Å²) in [5.74, 6) is 0.694. The molecule has 0 bridgehead atoms. The molecule has 3 heterocycles. The van der Waals surface area contributed by atoms with E-state index in [4.69, 9.17) is 15.0 Å². The van der Waals surface area contributed by atoms with E-state index in [1.165, 1.54) is 38.0 Å². The van der Waals surface area contributed by atoms with Crippen molar-refractivity contribution in [3.8, 4) is 45.0 Å². The summed E-state index contributed by atoms with van der Waals surface area (Å²) in [4.78, 5) is 15.2. The van der Waals surface area contributed by atoms with Crippen LogP contribution in [0.4, 0.5) is 0 Å². The van der Waals surface area contributed by atoms with Crippen LogP contribution in [-0.2, 0) is 0 Å². The van der Waals surface area contributed by atoms with E-state index in [1.54, 1.807) is 0 Å². The zero-order valence-electron chi connectivity index (χ0n) is 26.5. The Morgan fingerprint density at radius 1 is 0.388 bits per heavy atom. The van der Waals surface area contributed by atoms with Crippen LogP contribution >= 0.6 is 0 Å². The molecule has 4 heteroatoms. The van der Waals surface area contributed by atoms with E-state index in [0.29, 0.717) is 5.82 Å². The Morgan fingerprint density at radius 3 is 1.59 bits per heavy atom. The standard InChI is InChI=1S/C45H28N4/c1-3-11-33-25-35(23-17-29(33)9-1)39-27-40(36-24-18-30-10-2-4-12-34(30)26-36)48-45(47-39)32-21-19-31(20-22-32)44-37-13-5-7-15-41(37)49-42-16-8-6-14-38(42)46-28-43(44)49/h1-28H. The second-order valence-corrected chi connectivity index (χ2v) is 12.5. The van der Waals surface area contributed by atoms with Crippen LogP contribution < -0.4 is 0 Å². The molecular formula is C45H28N4. The number of benzene rings is 7. The summed E-state index contributed by atoms with van der Waals surface area (Å²) in [7, 11) is 0. The van der Waals surface area contributed by atoms with Crippen molar-refractivity contribution in [1.29, 1.82) is 0 Å². The Kier molecular flexibility index (Phi) is 6.15. The van der Waals surface area contributed by atoms with Crippen molar-refractivity contribution in [2.75, 3.05) is 0 Å². The lowest BCUT2D eigenvalue weighted by Crippen LogP contribution is -1.96. The Balaban J connectivity index is 1.13. The quantitative estimate of drug-likeness (QED) is 0.196. The first-order valence-electron chi connectivity index (χ1n) is 16.5. The normalized spacial score (nSPS) is 11.7. The maximum Gasteiger partial charge on any atom is 0.160 e. The van der Waals surface area contributed by atoms with Gasteiger partial charge in [0.15, 0.2) is 5.82 Å². The van der Waals surface area contributed by atoms with E-state index >= 15 is 0 Å². The van der Waals surface area contributed by atoms with Crippen LogP contribution in [0.1, 0.15) is 0 Å². The average molecular weight is 625 g/mol. The largest absolute Gasteiger partial charge is 0.306 e. The molecule has 10 rings (SSSR count). The summed E-state index contributed by atoms with van der Waals surface area (Å²) >= 11 is 0. The van der Waals surface area contributed by atoms with Crippen LogP contribution in [0.5, 0.6) is 0 Å². The predicted molar refractivity (Wildman–Crippen MR) is 203 cm³/mol. The Labute approximate surface area is 282 Å². The molecule has 0 fully saturated rings. The van der Waals surface area contributed by atoms with E-state index in [9.17, 15) is 0 Å². The molecule has 0 aliphatic carbocycles. The van der Waals surface area contributed by atoms with Crippen molar-refractivity contribution in [2.45, 2.75) is 0 Å². The van der Waals surface area contributed by atoms with Gasteiger partial charge in [-0.1, -0.05) is 127 Å². The van der Waals surface area contributed by atoms with Crippen molar-refractivity contribution < 1.29 is 0 Å². The molecule has 49 heavy (non-hydrogen) atoms. The molecule has 0 N–H and O–H groups in total. The number of hydrogen-bond donors (Lipinski definition) is 0. The lowest BCUT2D eigenvalue weighted by Gasteiger charge is -2.11. The molecule has 3 aromatic heterocycles. The SMILES string of the molecule is c1ccc2cc(-c3cc(-c4ccc5ccccc5c4)nc(-c4ccc(-c5c6ccccc6n6c5cnc5ccccc56)cc4)n3)ccc2c1. The van der Waals surface area contributed by atoms with E-state index in [0.717, 1.165) is 50.2 Å². The zero-order chi connectivity index (χ0) is 32.3. The van der Waals surface area contributed by atoms with Crippen molar-refractivity contribution in [2.24, 2.45) is 0 Å². The Morgan fingerprint density at radius 2 is 0.918 bits per heavy atom. The highest BCUT2D eigenvalue weighted by atomic mass is 14.9. The van der Waals surface area contributed by atoms with E-state index < -0.39 is 0 Å². The summed E-state index contributed by atoms with van der Waals surface area (Å²) < 4.78 is 2.33. The first kappa shape index (κ1) is 27.5. The van der Waals surface area contributed by atoms with Gasteiger partial charge in [-0.2, -0.15) is 0 Å². The van der Waals surface area contributed by atoms with Gasteiger partial charge in [-0.05, 0) is 63.5 Å². The lowest BCUT2D eigenvalue weighted by molar-refractivity contribution is 1.18. The molecule has 0 saturated heterocycles. The van der Waals surface area contributed by atoms with Crippen LogP contribution in [-0.4, -0.2) is 19.4 Å². The summed E-state index contributed by atoms with van der Waals surface area (Å²) in [6.45, 7) is 0. The second kappa shape index (κ2) is 11.0. The fourth-order valence-electron chi connectivity index (χ4n) is 7.19. The van der Waals surface area contributed by atoms with Gasteiger partial charge in [0.2, 0.25) is 0 Å². The zero-order valence-corrected chi connectivity index (χ0v) is 26.5. The fraction of sp³-hybridized carbons (Fsp3) is 0. The second-order valence-electron chi connectivity index (χ2n) is 12.5. The van der Waals surface area contributed by atoms with Crippen LogP contribution in [0.2, 0.25) is 0 Å². The van der Waals surface area contributed by atoms with Gasteiger partial charge >= 0.3 is 0 Å². The highest BCUT2D eigenvalue weighted by Gasteiger charge is 2.17. The third-order valence-corrected chi connectivity index (χ3v) is 9.61. The Hall–Kier alpha value is -6.65. The highest BCUT2D eigenvalue weighted by molar-refractivity contribution is 6.08. The van der Waals surface area contributed by atoms with Crippen LogP contribution in [0, 0.1) is 0 Å². The third-order valence-electron chi connectivity index (χ3n) is 9.61. The number of aromatic nitrogens is 4. The average Bonchev–Trinajstić information content (AvgIpc) is 3.52. The minimum absolute atomic E-state index is 0.694. The summed E-state index contributed by atoms with van der Waals surface area (Å²) in [6.07, 6.45) is 2.00. The number of hydrogen-bond acceptors (Lipinski definition) is 3.